The van der Waals surface area contributed by atoms with Crippen LogP contribution in [0.4, 0.5) is 0 Å². The Hall–Kier alpha value is -2.63. The van der Waals surface area contributed by atoms with Gasteiger partial charge < -0.3 is 8.83 Å². The molecule has 1 aromatic carbocycles. The number of rotatable bonds is 0. The van der Waals surface area contributed by atoms with Crippen molar-refractivity contribution in [2.24, 2.45) is 0 Å². The minimum Gasteiger partial charge on any atom is -0.421 e. The van der Waals surface area contributed by atoms with Gasteiger partial charge in [-0.25, -0.2) is 9.59 Å². The first-order valence-electron chi connectivity index (χ1n) is 6.30. The summed E-state index contributed by atoms with van der Waals surface area (Å²) in [6, 6.07) is 3.29. The number of hydrogen-bond acceptors (Lipinski definition) is 5. The van der Waals surface area contributed by atoms with Crippen LogP contribution in [0.15, 0.2) is 35.4 Å². The Balaban J connectivity index is 2.33. The summed E-state index contributed by atoms with van der Waals surface area (Å²) in [5.41, 5.74) is 0.908. The molecule has 1 N–H and O–H groups in total. The highest BCUT2D eigenvalue weighted by Gasteiger charge is 2.21. The molecule has 1 aliphatic carbocycles. The predicted molar refractivity (Wildman–Crippen MR) is 71.2 cm³/mol. The van der Waals surface area contributed by atoms with Crippen molar-refractivity contribution in [2.75, 3.05) is 0 Å². The van der Waals surface area contributed by atoms with Gasteiger partial charge in [0.2, 0.25) is 0 Å². The standard InChI is InChI=1S/C14H9NO5/c16-12-10-9(19-14(18)15-12)5-4-7-6-2-1-3-8(6)13(17)20-11(7)10/h4-5H,1-3H2,(H,15,16,18). The molecule has 2 aromatic heterocycles. The maximum absolute atomic E-state index is 12.0. The third-order valence-corrected chi connectivity index (χ3v) is 3.75. The van der Waals surface area contributed by atoms with E-state index >= 15 is 0 Å². The molecule has 20 heavy (non-hydrogen) atoms. The van der Waals surface area contributed by atoms with Crippen LogP contribution in [0.25, 0.3) is 21.9 Å². The zero-order valence-corrected chi connectivity index (χ0v) is 10.3. The summed E-state index contributed by atoms with van der Waals surface area (Å²) in [4.78, 5) is 37.2. The Labute approximate surface area is 110 Å². The quantitative estimate of drug-likeness (QED) is 0.487. The fraction of sp³-hybridized carbons (Fsp3) is 0.214. The molecule has 0 aliphatic heterocycles. The van der Waals surface area contributed by atoms with Crippen molar-refractivity contribution in [2.45, 2.75) is 19.3 Å². The predicted octanol–water partition coefficient (Wildman–Crippen LogP) is 1.08. The number of aromatic amines is 1. The minimum atomic E-state index is -0.828. The largest absolute Gasteiger partial charge is 0.421 e. The summed E-state index contributed by atoms with van der Waals surface area (Å²) < 4.78 is 10.2. The number of nitrogens with one attached hydrogen (secondary N) is 1. The maximum Gasteiger partial charge on any atom is 0.419 e. The van der Waals surface area contributed by atoms with Gasteiger partial charge in [0, 0.05) is 10.9 Å². The van der Waals surface area contributed by atoms with E-state index in [4.69, 9.17) is 8.83 Å². The van der Waals surface area contributed by atoms with E-state index in [-0.39, 0.29) is 16.6 Å². The van der Waals surface area contributed by atoms with Crippen LogP contribution < -0.4 is 16.9 Å². The third-order valence-electron chi connectivity index (χ3n) is 3.75. The van der Waals surface area contributed by atoms with Crippen LogP contribution in [-0.2, 0) is 12.8 Å². The number of benzene rings is 1. The number of aromatic nitrogens is 1. The van der Waals surface area contributed by atoms with Crippen LogP contribution >= 0.6 is 0 Å². The Kier molecular flexibility index (Phi) is 2.07. The minimum absolute atomic E-state index is 0.105. The van der Waals surface area contributed by atoms with Gasteiger partial charge in [-0.2, -0.15) is 0 Å². The number of hydrogen-bond donors (Lipinski definition) is 1. The summed E-state index contributed by atoms with van der Waals surface area (Å²) in [5, 5.41) is 0.845. The highest BCUT2D eigenvalue weighted by Crippen LogP contribution is 2.30. The molecule has 100 valence electrons. The van der Waals surface area contributed by atoms with E-state index < -0.39 is 16.9 Å². The van der Waals surface area contributed by atoms with Gasteiger partial charge in [0.1, 0.15) is 11.0 Å². The summed E-state index contributed by atoms with van der Waals surface area (Å²) in [6.07, 6.45) is 2.39. The molecule has 0 fully saturated rings. The van der Waals surface area contributed by atoms with Gasteiger partial charge in [-0.15, -0.1) is 0 Å². The molecule has 1 aliphatic rings. The molecule has 6 nitrogen and oxygen atoms in total. The van der Waals surface area contributed by atoms with E-state index in [1.54, 1.807) is 12.1 Å². The second-order valence-electron chi connectivity index (χ2n) is 4.86. The molecule has 0 bridgehead atoms. The zero-order chi connectivity index (χ0) is 13.9. The molecule has 3 aromatic rings. The Morgan fingerprint density at radius 1 is 1.00 bits per heavy atom. The number of H-pyrrole nitrogens is 1. The normalized spacial score (nSPS) is 14.0. The van der Waals surface area contributed by atoms with Crippen molar-refractivity contribution in [3.05, 3.63) is 54.6 Å². The fourth-order valence-electron chi connectivity index (χ4n) is 2.91. The molecule has 0 atom stereocenters. The van der Waals surface area contributed by atoms with E-state index in [1.165, 1.54) is 0 Å². The van der Waals surface area contributed by atoms with Gasteiger partial charge in [-0.1, -0.05) is 0 Å². The Morgan fingerprint density at radius 2 is 1.80 bits per heavy atom. The highest BCUT2D eigenvalue weighted by molar-refractivity contribution is 6.02. The fourth-order valence-corrected chi connectivity index (χ4v) is 2.91. The average Bonchev–Trinajstić information content (AvgIpc) is 2.87. The first kappa shape index (κ1) is 11.2. The van der Waals surface area contributed by atoms with Gasteiger partial charge in [0.25, 0.3) is 5.56 Å². The molecule has 0 saturated heterocycles. The van der Waals surface area contributed by atoms with E-state index in [2.05, 4.69) is 4.98 Å². The van der Waals surface area contributed by atoms with E-state index in [0.29, 0.717) is 12.0 Å². The SMILES string of the molecule is O=c1[nH]c(=O)c2c(ccc3c4c(c(=O)oc32)CCC4)o1. The van der Waals surface area contributed by atoms with Crippen molar-refractivity contribution in [3.8, 4) is 0 Å². The first-order chi connectivity index (χ1) is 9.65. The lowest BCUT2D eigenvalue weighted by atomic mass is 10.1. The van der Waals surface area contributed by atoms with Crippen molar-refractivity contribution in [1.29, 1.82) is 0 Å². The summed E-state index contributed by atoms with van der Waals surface area (Å²) in [5.74, 6) is -0.828. The molecule has 2 heterocycles. The molecule has 0 unspecified atom stereocenters. The summed E-state index contributed by atoms with van der Waals surface area (Å²) in [7, 11) is 0. The second-order valence-corrected chi connectivity index (χ2v) is 4.86. The number of aryl methyl sites for hydroxylation is 1. The van der Waals surface area contributed by atoms with Crippen LogP contribution in [0, 0.1) is 0 Å². The van der Waals surface area contributed by atoms with Crippen LogP contribution in [0.1, 0.15) is 17.5 Å². The van der Waals surface area contributed by atoms with Crippen molar-refractivity contribution in [3.63, 3.8) is 0 Å². The Bertz CT molecular complexity index is 1040. The van der Waals surface area contributed by atoms with Crippen LogP contribution in [-0.4, -0.2) is 4.98 Å². The molecule has 0 radical (unpaired) electrons. The van der Waals surface area contributed by atoms with E-state index in [9.17, 15) is 14.4 Å². The van der Waals surface area contributed by atoms with Gasteiger partial charge in [0.15, 0.2) is 5.58 Å². The smallest absolute Gasteiger partial charge is 0.419 e. The molecule has 0 spiro atoms. The first-order valence-corrected chi connectivity index (χ1v) is 6.30. The van der Waals surface area contributed by atoms with Crippen LogP contribution in [0.3, 0.4) is 0 Å². The average molecular weight is 271 g/mol. The summed E-state index contributed by atoms with van der Waals surface area (Å²) in [6.45, 7) is 0. The van der Waals surface area contributed by atoms with Crippen LogP contribution in [0.2, 0.25) is 0 Å². The zero-order valence-electron chi connectivity index (χ0n) is 10.3. The van der Waals surface area contributed by atoms with Crippen LogP contribution in [0.5, 0.6) is 0 Å². The van der Waals surface area contributed by atoms with Crippen molar-refractivity contribution >= 4 is 21.9 Å². The monoisotopic (exact) mass is 271 g/mol. The Morgan fingerprint density at radius 3 is 2.65 bits per heavy atom. The summed E-state index contributed by atoms with van der Waals surface area (Å²) >= 11 is 0. The van der Waals surface area contributed by atoms with E-state index in [0.717, 1.165) is 23.8 Å². The highest BCUT2D eigenvalue weighted by atomic mass is 16.4. The molecular formula is C14H9NO5. The molecule has 6 heteroatoms. The lowest BCUT2D eigenvalue weighted by Gasteiger charge is -2.05. The van der Waals surface area contributed by atoms with Crippen molar-refractivity contribution in [1.82, 2.24) is 4.98 Å². The third kappa shape index (κ3) is 1.36. The molecule has 0 saturated carbocycles. The van der Waals surface area contributed by atoms with E-state index in [1.807, 2.05) is 0 Å². The lowest BCUT2D eigenvalue weighted by Crippen LogP contribution is -2.19. The van der Waals surface area contributed by atoms with Gasteiger partial charge in [-0.3, -0.25) is 9.78 Å². The lowest BCUT2D eigenvalue weighted by molar-refractivity contribution is 0.524. The topological polar surface area (TPSA) is 93.3 Å². The maximum atomic E-state index is 12.0. The van der Waals surface area contributed by atoms with Gasteiger partial charge in [-0.05, 0) is 37.0 Å². The second kappa shape index (κ2) is 3.69. The van der Waals surface area contributed by atoms with Crippen molar-refractivity contribution < 1.29 is 8.83 Å². The molecule has 0 amide bonds. The van der Waals surface area contributed by atoms with Gasteiger partial charge >= 0.3 is 11.4 Å². The molecular weight excluding hydrogens is 262 g/mol. The molecule has 4 rings (SSSR count). The number of fused-ring (bicyclic) bond motifs is 5. The van der Waals surface area contributed by atoms with Gasteiger partial charge in [0.05, 0.1) is 0 Å².